The Kier molecular flexibility index (Phi) is 5.01. The van der Waals surface area contributed by atoms with Gasteiger partial charge in [0.2, 0.25) is 0 Å². The SMILES string of the molecule is Cc1ccc(S(=O)(=O)O/C=C/[Se]c2ccccc2)cc1. The van der Waals surface area contributed by atoms with Gasteiger partial charge < -0.3 is 0 Å². The van der Waals surface area contributed by atoms with Crippen molar-refractivity contribution in [3.63, 3.8) is 0 Å². The van der Waals surface area contributed by atoms with Gasteiger partial charge in [0.05, 0.1) is 0 Å². The summed E-state index contributed by atoms with van der Waals surface area (Å²) in [6, 6.07) is 16.4. The van der Waals surface area contributed by atoms with Gasteiger partial charge in [-0.3, -0.25) is 0 Å². The maximum absolute atomic E-state index is 11.9. The molecule has 104 valence electrons. The minimum absolute atomic E-state index is 0.0596. The van der Waals surface area contributed by atoms with Crippen LogP contribution in [-0.2, 0) is 14.3 Å². The van der Waals surface area contributed by atoms with Crippen LogP contribution in [0.1, 0.15) is 5.56 Å². The number of rotatable bonds is 5. The molecule has 0 N–H and O–H groups in total. The third kappa shape index (κ3) is 4.23. The van der Waals surface area contributed by atoms with Gasteiger partial charge in [0.1, 0.15) is 0 Å². The van der Waals surface area contributed by atoms with Crippen molar-refractivity contribution in [2.24, 2.45) is 0 Å². The third-order valence-corrected chi connectivity index (χ3v) is 5.37. The summed E-state index contributed by atoms with van der Waals surface area (Å²) in [5, 5.41) is 0. The van der Waals surface area contributed by atoms with Crippen molar-refractivity contribution >= 4 is 29.5 Å². The van der Waals surface area contributed by atoms with Gasteiger partial charge in [0.15, 0.2) is 0 Å². The zero-order valence-electron chi connectivity index (χ0n) is 10.9. The Hall–Kier alpha value is -1.55. The molecule has 0 saturated heterocycles. The average Bonchev–Trinajstić information content (AvgIpc) is 2.45. The van der Waals surface area contributed by atoms with Crippen molar-refractivity contribution in [3.05, 3.63) is 71.4 Å². The Morgan fingerprint density at radius 2 is 1.65 bits per heavy atom. The number of hydrogen-bond donors (Lipinski definition) is 0. The summed E-state index contributed by atoms with van der Waals surface area (Å²) < 4.78 is 29.8. The van der Waals surface area contributed by atoms with E-state index in [0.717, 1.165) is 10.0 Å². The molecule has 0 saturated carbocycles. The quantitative estimate of drug-likeness (QED) is 0.470. The van der Waals surface area contributed by atoms with Crippen LogP contribution < -0.4 is 4.46 Å². The normalized spacial score (nSPS) is 11.7. The summed E-state index contributed by atoms with van der Waals surface area (Å²) in [6.07, 6.45) is 1.25. The van der Waals surface area contributed by atoms with E-state index < -0.39 is 10.1 Å². The molecule has 0 bridgehead atoms. The van der Waals surface area contributed by atoms with E-state index in [0.29, 0.717) is 0 Å². The molecule has 0 aliphatic rings. The molecule has 0 unspecified atom stereocenters. The molecule has 2 aromatic rings. The first kappa shape index (κ1) is 14.9. The van der Waals surface area contributed by atoms with Gasteiger partial charge in [0, 0.05) is 0 Å². The molecule has 0 atom stereocenters. The molecule has 3 nitrogen and oxygen atoms in total. The summed E-state index contributed by atoms with van der Waals surface area (Å²) >= 11 is 0.0596. The predicted molar refractivity (Wildman–Crippen MR) is 80.4 cm³/mol. The molecule has 0 heterocycles. The van der Waals surface area contributed by atoms with Crippen LogP contribution in [0, 0.1) is 6.92 Å². The van der Waals surface area contributed by atoms with Crippen LogP contribution in [-0.4, -0.2) is 23.4 Å². The van der Waals surface area contributed by atoms with Crippen molar-refractivity contribution in [2.75, 3.05) is 0 Å². The second-order valence-electron chi connectivity index (χ2n) is 4.07. The molecule has 0 radical (unpaired) electrons. The number of hydrogen-bond acceptors (Lipinski definition) is 3. The average molecular weight is 353 g/mol. The molecule has 2 rings (SSSR count). The first-order valence-electron chi connectivity index (χ1n) is 5.95. The molecule has 0 aliphatic heterocycles. The second-order valence-corrected chi connectivity index (χ2v) is 7.69. The summed E-state index contributed by atoms with van der Waals surface area (Å²) in [6.45, 7) is 1.90. The van der Waals surface area contributed by atoms with Gasteiger partial charge in [-0.15, -0.1) is 0 Å². The van der Waals surface area contributed by atoms with Crippen LogP contribution in [0.25, 0.3) is 0 Å². The van der Waals surface area contributed by atoms with Crippen molar-refractivity contribution in [3.8, 4) is 0 Å². The van der Waals surface area contributed by atoms with E-state index in [1.165, 1.54) is 6.26 Å². The van der Waals surface area contributed by atoms with Gasteiger partial charge in [-0.1, -0.05) is 0 Å². The topological polar surface area (TPSA) is 43.4 Å². The standard InChI is InChI=1S/C15H14O3SSe/c1-13-7-9-14(10-8-13)19(16,17)18-11-12-20-15-5-3-2-4-6-15/h2-12H,1H3/b12-11+. The predicted octanol–water partition coefficient (Wildman–Crippen LogP) is 2.20. The van der Waals surface area contributed by atoms with E-state index in [9.17, 15) is 8.42 Å². The Morgan fingerprint density at radius 1 is 1.00 bits per heavy atom. The van der Waals surface area contributed by atoms with Crippen LogP contribution in [0.2, 0.25) is 0 Å². The molecule has 0 amide bonds. The molecule has 0 aliphatic carbocycles. The van der Waals surface area contributed by atoms with Crippen molar-refractivity contribution in [2.45, 2.75) is 11.8 Å². The fourth-order valence-corrected chi connectivity index (χ4v) is 3.62. The van der Waals surface area contributed by atoms with E-state index in [4.69, 9.17) is 4.18 Å². The minimum atomic E-state index is -3.71. The van der Waals surface area contributed by atoms with E-state index in [1.807, 2.05) is 37.3 Å². The summed E-state index contributed by atoms with van der Waals surface area (Å²) in [5.74, 6) is 0. The van der Waals surface area contributed by atoms with E-state index in [2.05, 4.69) is 0 Å². The zero-order valence-corrected chi connectivity index (χ0v) is 13.4. The van der Waals surface area contributed by atoms with Crippen molar-refractivity contribution < 1.29 is 12.6 Å². The van der Waals surface area contributed by atoms with Gasteiger partial charge >= 0.3 is 125 Å². The Labute approximate surface area is 125 Å². The van der Waals surface area contributed by atoms with Crippen LogP contribution in [0.3, 0.4) is 0 Å². The molecule has 20 heavy (non-hydrogen) atoms. The molecule has 2 aromatic carbocycles. The van der Waals surface area contributed by atoms with Gasteiger partial charge in [-0.2, -0.15) is 0 Å². The van der Waals surface area contributed by atoms with Crippen LogP contribution in [0.15, 0.2) is 70.7 Å². The first-order valence-corrected chi connectivity index (χ1v) is 9.20. The van der Waals surface area contributed by atoms with Gasteiger partial charge in [0.25, 0.3) is 0 Å². The van der Waals surface area contributed by atoms with Crippen LogP contribution in [0.4, 0.5) is 0 Å². The second kappa shape index (κ2) is 6.75. The Morgan fingerprint density at radius 3 is 2.30 bits per heavy atom. The van der Waals surface area contributed by atoms with Gasteiger partial charge in [-0.25, -0.2) is 0 Å². The Balaban J connectivity index is 1.97. The summed E-state index contributed by atoms with van der Waals surface area (Å²) in [7, 11) is -3.71. The third-order valence-electron chi connectivity index (χ3n) is 2.49. The molecule has 0 spiro atoms. The molecule has 0 aromatic heterocycles. The van der Waals surface area contributed by atoms with E-state index >= 15 is 0 Å². The fraction of sp³-hybridized carbons (Fsp3) is 0.0667. The Bertz CT molecular complexity index is 677. The number of benzene rings is 2. The van der Waals surface area contributed by atoms with E-state index in [1.54, 1.807) is 29.2 Å². The maximum atomic E-state index is 11.9. The van der Waals surface area contributed by atoms with Gasteiger partial charge in [-0.05, 0) is 0 Å². The van der Waals surface area contributed by atoms with Crippen LogP contribution >= 0.6 is 0 Å². The summed E-state index contributed by atoms with van der Waals surface area (Å²) in [4.78, 5) is 1.91. The van der Waals surface area contributed by atoms with Crippen molar-refractivity contribution in [1.29, 1.82) is 0 Å². The molecular weight excluding hydrogens is 339 g/mol. The molecule has 5 heteroatoms. The van der Waals surface area contributed by atoms with Crippen LogP contribution in [0.5, 0.6) is 0 Å². The van der Waals surface area contributed by atoms with E-state index in [-0.39, 0.29) is 19.9 Å². The monoisotopic (exact) mass is 354 g/mol. The molecular formula is C15H14O3SSe. The molecule has 0 fully saturated rings. The van der Waals surface area contributed by atoms with Crippen molar-refractivity contribution in [1.82, 2.24) is 0 Å². The zero-order chi connectivity index (χ0) is 14.4. The first-order chi connectivity index (χ1) is 9.58. The fourth-order valence-electron chi connectivity index (χ4n) is 1.46. The number of aryl methyl sites for hydroxylation is 1. The summed E-state index contributed by atoms with van der Waals surface area (Å²) in [5.41, 5.74) is 1.01.